The number of para-hydroxylation sites is 1. The second-order valence-electron chi connectivity index (χ2n) is 7.86. The molecular weight excluding hydrogens is 396 g/mol. The standard InChI is InChI=1S/C23H24N4O2S/c1-13(2)19-22(29)26-20-17-10-5-6-11-18(17)25-23(27(19)20)30-15(4)21(28)24-16-9-7-8-14(3)12-16/h5-13,15,19H,1-4H3,(H,24,28). The molecule has 0 fully saturated rings. The molecule has 4 rings (SSSR count). The molecule has 2 aromatic carbocycles. The first kappa shape index (κ1) is 20.3. The van der Waals surface area contributed by atoms with E-state index >= 15 is 0 Å². The SMILES string of the molecule is Cc1cccc(NC(=O)C(C)SC2=Nc3ccccc3C3=NC(=O)C(C(C)C)N23)c1. The highest BCUT2D eigenvalue weighted by Crippen LogP contribution is 2.36. The molecule has 2 aliphatic heterocycles. The summed E-state index contributed by atoms with van der Waals surface area (Å²) in [6.45, 7) is 7.83. The second kappa shape index (κ2) is 8.07. The minimum Gasteiger partial charge on any atom is -0.325 e. The maximum absolute atomic E-state index is 12.8. The predicted molar refractivity (Wildman–Crippen MR) is 122 cm³/mol. The maximum atomic E-state index is 12.8. The maximum Gasteiger partial charge on any atom is 0.271 e. The van der Waals surface area contributed by atoms with E-state index in [-0.39, 0.29) is 17.7 Å². The quantitative estimate of drug-likeness (QED) is 0.797. The number of amides is 2. The smallest absolute Gasteiger partial charge is 0.271 e. The van der Waals surface area contributed by atoms with Gasteiger partial charge in [0.25, 0.3) is 5.91 Å². The lowest BCUT2D eigenvalue weighted by Gasteiger charge is -2.33. The number of rotatable bonds is 4. The molecule has 2 atom stereocenters. The zero-order chi connectivity index (χ0) is 21.4. The first-order valence-electron chi connectivity index (χ1n) is 9.99. The molecule has 30 heavy (non-hydrogen) atoms. The summed E-state index contributed by atoms with van der Waals surface area (Å²) in [6, 6.07) is 14.9. The Morgan fingerprint density at radius 2 is 1.87 bits per heavy atom. The fourth-order valence-corrected chi connectivity index (χ4v) is 4.57. The van der Waals surface area contributed by atoms with Crippen molar-refractivity contribution in [1.82, 2.24) is 4.90 Å². The van der Waals surface area contributed by atoms with Gasteiger partial charge in [0.15, 0.2) is 5.17 Å². The van der Waals surface area contributed by atoms with Gasteiger partial charge in [-0.1, -0.05) is 49.9 Å². The first-order chi connectivity index (χ1) is 14.3. The molecule has 2 aliphatic rings. The van der Waals surface area contributed by atoms with Crippen LogP contribution < -0.4 is 5.32 Å². The van der Waals surface area contributed by atoms with E-state index in [1.54, 1.807) is 0 Å². The van der Waals surface area contributed by atoms with Gasteiger partial charge in [0.2, 0.25) is 5.91 Å². The molecule has 2 unspecified atom stereocenters. The highest BCUT2D eigenvalue weighted by molar-refractivity contribution is 8.14. The van der Waals surface area contributed by atoms with E-state index in [1.807, 2.05) is 81.1 Å². The monoisotopic (exact) mass is 420 g/mol. The van der Waals surface area contributed by atoms with Crippen molar-refractivity contribution in [3.8, 4) is 0 Å². The Kier molecular flexibility index (Phi) is 5.47. The van der Waals surface area contributed by atoms with Crippen LogP contribution in [-0.4, -0.2) is 39.0 Å². The Labute approximate surface area is 180 Å². The molecule has 6 nitrogen and oxygen atoms in total. The van der Waals surface area contributed by atoms with Crippen molar-refractivity contribution in [2.24, 2.45) is 15.9 Å². The Hall–Kier alpha value is -2.93. The van der Waals surface area contributed by atoms with E-state index in [9.17, 15) is 9.59 Å². The number of nitrogens with one attached hydrogen (secondary N) is 1. The number of carbonyl (C=O) groups excluding carboxylic acids is 2. The average Bonchev–Trinajstić information content (AvgIpc) is 3.05. The number of hydrogen-bond acceptors (Lipinski definition) is 5. The van der Waals surface area contributed by atoms with Crippen LogP contribution >= 0.6 is 11.8 Å². The highest BCUT2D eigenvalue weighted by Gasteiger charge is 2.43. The Bertz CT molecular complexity index is 1080. The van der Waals surface area contributed by atoms with Crippen LogP contribution in [0.25, 0.3) is 0 Å². The zero-order valence-electron chi connectivity index (χ0n) is 17.4. The lowest BCUT2D eigenvalue weighted by Crippen LogP contribution is -2.47. The minimum absolute atomic E-state index is 0.0613. The van der Waals surface area contributed by atoms with Crippen LogP contribution in [0.3, 0.4) is 0 Å². The summed E-state index contributed by atoms with van der Waals surface area (Å²) >= 11 is 1.35. The van der Waals surface area contributed by atoms with Crippen LogP contribution in [0.1, 0.15) is 31.9 Å². The summed E-state index contributed by atoms with van der Waals surface area (Å²) in [5, 5.41) is 3.19. The summed E-state index contributed by atoms with van der Waals surface area (Å²) in [6.07, 6.45) is 0. The molecule has 2 amide bonds. The van der Waals surface area contributed by atoms with Crippen LogP contribution in [0, 0.1) is 12.8 Å². The fraction of sp³-hybridized carbons (Fsp3) is 0.304. The van der Waals surface area contributed by atoms with Gasteiger partial charge in [-0.3, -0.25) is 14.5 Å². The number of thioether (sulfide) groups is 1. The number of fused-ring (bicyclic) bond motifs is 3. The van der Waals surface area contributed by atoms with Crippen molar-refractivity contribution >= 4 is 46.0 Å². The number of aliphatic imine (C=N–C) groups is 2. The number of anilines is 1. The molecule has 0 aliphatic carbocycles. The third-order valence-corrected chi connectivity index (χ3v) is 6.18. The summed E-state index contributed by atoms with van der Waals surface area (Å²) < 4.78 is 0. The molecule has 7 heteroatoms. The molecule has 0 bridgehead atoms. The molecule has 0 saturated carbocycles. The molecule has 0 saturated heterocycles. The van der Waals surface area contributed by atoms with E-state index < -0.39 is 11.3 Å². The summed E-state index contributed by atoms with van der Waals surface area (Å²) in [7, 11) is 0. The number of carbonyl (C=O) groups is 2. The van der Waals surface area contributed by atoms with Crippen molar-refractivity contribution < 1.29 is 9.59 Å². The van der Waals surface area contributed by atoms with Gasteiger partial charge in [-0.15, -0.1) is 0 Å². The van der Waals surface area contributed by atoms with Crippen LogP contribution in [0.5, 0.6) is 0 Å². The summed E-state index contributed by atoms with van der Waals surface area (Å²) in [5.74, 6) is 0.406. The summed E-state index contributed by atoms with van der Waals surface area (Å²) in [4.78, 5) is 36.5. The largest absolute Gasteiger partial charge is 0.325 e. The number of aryl methyl sites for hydroxylation is 1. The average molecular weight is 421 g/mol. The van der Waals surface area contributed by atoms with Crippen LogP contribution in [0.4, 0.5) is 11.4 Å². The molecule has 154 valence electrons. The topological polar surface area (TPSA) is 74.1 Å². The zero-order valence-corrected chi connectivity index (χ0v) is 18.2. The fourth-order valence-electron chi connectivity index (χ4n) is 3.63. The highest BCUT2D eigenvalue weighted by atomic mass is 32.2. The number of benzene rings is 2. The van der Waals surface area contributed by atoms with E-state index in [1.165, 1.54) is 11.8 Å². The van der Waals surface area contributed by atoms with Gasteiger partial charge in [-0.2, -0.15) is 4.99 Å². The first-order valence-corrected chi connectivity index (χ1v) is 10.9. The molecule has 0 radical (unpaired) electrons. The van der Waals surface area contributed by atoms with E-state index in [2.05, 4.69) is 10.3 Å². The molecule has 0 spiro atoms. The van der Waals surface area contributed by atoms with E-state index in [0.29, 0.717) is 11.0 Å². The van der Waals surface area contributed by atoms with Gasteiger partial charge in [0, 0.05) is 11.3 Å². The molecule has 2 heterocycles. The van der Waals surface area contributed by atoms with Gasteiger partial charge in [-0.25, -0.2) is 4.99 Å². The van der Waals surface area contributed by atoms with Gasteiger partial charge in [0.05, 0.1) is 10.9 Å². The lowest BCUT2D eigenvalue weighted by atomic mass is 10.0. The molecule has 0 aromatic heterocycles. The molecule has 1 N–H and O–H groups in total. The Morgan fingerprint density at radius 1 is 1.10 bits per heavy atom. The number of amidine groups is 2. The third kappa shape index (κ3) is 3.77. The Morgan fingerprint density at radius 3 is 2.60 bits per heavy atom. The minimum atomic E-state index is -0.411. The van der Waals surface area contributed by atoms with Gasteiger partial charge in [0.1, 0.15) is 11.9 Å². The number of nitrogens with zero attached hydrogens (tertiary/aromatic N) is 3. The Balaban J connectivity index is 1.62. The van der Waals surface area contributed by atoms with Crippen molar-refractivity contribution in [2.75, 3.05) is 5.32 Å². The van der Waals surface area contributed by atoms with Crippen molar-refractivity contribution in [1.29, 1.82) is 0 Å². The molecule has 2 aromatic rings. The van der Waals surface area contributed by atoms with E-state index in [4.69, 9.17) is 4.99 Å². The van der Waals surface area contributed by atoms with E-state index in [0.717, 1.165) is 22.5 Å². The van der Waals surface area contributed by atoms with Crippen molar-refractivity contribution in [3.63, 3.8) is 0 Å². The number of hydrogen-bond donors (Lipinski definition) is 1. The third-order valence-electron chi connectivity index (χ3n) is 5.11. The molecular formula is C23H24N4O2S. The van der Waals surface area contributed by atoms with Crippen LogP contribution in [-0.2, 0) is 9.59 Å². The summed E-state index contributed by atoms with van der Waals surface area (Å²) in [5.41, 5.74) is 3.45. The van der Waals surface area contributed by atoms with Crippen LogP contribution in [0.15, 0.2) is 58.5 Å². The van der Waals surface area contributed by atoms with Crippen molar-refractivity contribution in [3.05, 3.63) is 59.7 Å². The predicted octanol–water partition coefficient (Wildman–Crippen LogP) is 4.37. The lowest BCUT2D eigenvalue weighted by molar-refractivity contribution is -0.120. The van der Waals surface area contributed by atoms with Gasteiger partial charge < -0.3 is 5.32 Å². The van der Waals surface area contributed by atoms with Gasteiger partial charge in [-0.05, 0) is 49.6 Å². The van der Waals surface area contributed by atoms with Gasteiger partial charge >= 0.3 is 0 Å². The normalized spacial score (nSPS) is 18.5. The van der Waals surface area contributed by atoms with Crippen molar-refractivity contribution in [2.45, 2.75) is 39.0 Å². The second-order valence-corrected chi connectivity index (χ2v) is 9.17. The van der Waals surface area contributed by atoms with Crippen LogP contribution in [0.2, 0.25) is 0 Å².